The van der Waals surface area contributed by atoms with E-state index in [-0.39, 0.29) is 17.4 Å². The fourth-order valence-corrected chi connectivity index (χ4v) is 5.27. The number of aromatic hydroxyl groups is 1. The number of carbonyl (C=O) groups excluding carboxylic acids is 2. The van der Waals surface area contributed by atoms with Crippen molar-refractivity contribution in [3.8, 4) is 5.75 Å². The van der Waals surface area contributed by atoms with E-state index in [1.165, 1.54) is 45.2 Å². The third-order valence-corrected chi connectivity index (χ3v) is 8.11. The lowest BCUT2D eigenvalue weighted by Crippen LogP contribution is -2.49. The van der Waals surface area contributed by atoms with Crippen LogP contribution in [0.2, 0.25) is 0 Å². The molecule has 3 rings (SSSR count). The Labute approximate surface area is 207 Å². The molecular weight excluding hydrogens is 470 g/mol. The fraction of sp³-hybridized carbons (Fsp3) is 0.625. The lowest BCUT2D eigenvalue weighted by atomic mass is 9.79. The van der Waals surface area contributed by atoms with Gasteiger partial charge in [0.05, 0.1) is 24.1 Å². The highest BCUT2D eigenvalue weighted by atomic mass is 32.2. The van der Waals surface area contributed by atoms with Gasteiger partial charge in [0, 0.05) is 18.7 Å². The molecule has 10 nitrogen and oxygen atoms in total. The Morgan fingerprint density at radius 1 is 1.26 bits per heavy atom. The largest absolute Gasteiger partial charge is 0.507 e. The number of likely N-dealkylation sites (tertiary alicyclic amines) is 1. The number of nitrogens with zero attached hydrogens (tertiary/aromatic N) is 2. The smallest absolute Gasteiger partial charge is 0.247 e. The molecule has 1 aliphatic heterocycles. The fourth-order valence-electron chi connectivity index (χ4n) is 4.92. The first-order valence-corrected chi connectivity index (χ1v) is 13.9. The quantitative estimate of drug-likeness (QED) is 0.291. The summed E-state index contributed by atoms with van der Waals surface area (Å²) in [6.07, 6.45) is 7.96. The van der Waals surface area contributed by atoms with Gasteiger partial charge >= 0.3 is 0 Å². The van der Waals surface area contributed by atoms with Gasteiger partial charge in [0.25, 0.3) is 0 Å². The molecule has 35 heavy (non-hydrogen) atoms. The molecule has 2 fully saturated rings. The van der Waals surface area contributed by atoms with Gasteiger partial charge in [0.2, 0.25) is 21.8 Å². The predicted molar refractivity (Wildman–Crippen MR) is 134 cm³/mol. The van der Waals surface area contributed by atoms with Gasteiger partial charge in [0.15, 0.2) is 0 Å². The van der Waals surface area contributed by atoms with E-state index >= 15 is 0 Å². The maximum absolute atomic E-state index is 13.0. The number of hydrazone groups is 1. The number of rotatable bonds is 9. The summed E-state index contributed by atoms with van der Waals surface area (Å²) in [7, 11) is -3.48. The molecule has 0 bridgehead atoms. The molecule has 0 spiro atoms. The monoisotopic (exact) mass is 507 g/mol. The van der Waals surface area contributed by atoms with Crippen LogP contribution in [0.4, 0.5) is 0 Å². The Balaban J connectivity index is 1.73. The van der Waals surface area contributed by atoms with E-state index in [0.717, 1.165) is 12.1 Å². The second-order valence-electron chi connectivity index (χ2n) is 9.63. The van der Waals surface area contributed by atoms with Crippen molar-refractivity contribution in [3.63, 3.8) is 0 Å². The first-order valence-electron chi connectivity index (χ1n) is 12.3. The number of amides is 2. The summed E-state index contributed by atoms with van der Waals surface area (Å²) < 4.78 is 23.0. The van der Waals surface area contributed by atoms with Crippen LogP contribution in [0, 0.1) is 11.8 Å². The van der Waals surface area contributed by atoms with Crippen molar-refractivity contribution in [3.05, 3.63) is 29.3 Å². The second-order valence-corrected chi connectivity index (χ2v) is 11.6. The van der Waals surface area contributed by atoms with Crippen molar-refractivity contribution in [2.75, 3.05) is 12.3 Å². The Kier molecular flexibility index (Phi) is 9.26. The SMILES string of the molecule is CCS(=O)(=O)NN=Cc1ccc(CN2CC(C3CCCCC3)C[C@H]2C(=O)NC(=O)[C@H](C)N)cc1O. The number of sulfonamides is 1. The summed E-state index contributed by atoms with van der Waals surface area (Å²) in [5, 5.41) is 16.6. The van der Waals surface area contributed by atoms with Crippen LogP contribution in [0.25, 0.3) is 0 Å². The van der Waals surface area contributed by atoms with E-state index < -0.39 is 28.0 Å². The lowest BCUT2D eigenvalue weighted by molar-refractivity contribution is -0.133. The van der Waals surface area contributed by atoms with Gasteiger partial charge in [-0.2, -0.15) is 5.10 Å². The third-order valence-electron chi connectivity index (χ3n) is 6.97. The average Bonchev–Trinajstić information content (AvgIpc) is 3.25. The molecule has 194 valence electrons. The zero-order valence-electron chi connectivity index (χ0n) is 20.4. The zero-order chi connectivity index (χ0) is 25.6. The summed E-state index contributed by atoms with van der Waals surface area (Å²) in [5.41, 5.74) is 6.80. The third kappa shape index (κ3) is 7.49. The Hall–Kier alpha value is -2.50. The molecule has 0 aromatic heterocycles. The van der Waals surface area contributed by atoms with Crippen molar-refractivity contribution in [2.24, 2.45) is 22.7 Å². The van der Waals surface area contributed by atoms with Gasteiger partial charge in [-0.3, -0.25) is 19.8 Å². The number of phenolic OH excluding ortho intramolecular Hbond substituents is 1. The summed E-state index contributed by atoms with van der Waals surface area (Å²) in [6.45, 7) is 4.22. The standard InChI is InChI=1S/C24H37N5O5S/c1-3-35(33,34)28-26-13-19-10-9-17(11-22(19)30)14-29-15-20(18-7-5-4-6-8-18)12-21(29)24(32)27-23(31)16(2)25/h9-11,13,16,18,20-21,28,30H,3-8,12,14-15,25H2,1-2H3,(H,27,31,32)/t16-,20?,21-/m0/s1. The molecule has 11 heteroatoms. The normalized spacial score (nSPS) is 22.8. The highest BCUT2D eigenvalue weighted by molar-refractivity contribution is 7.89. The molecule has 1 aromatic rings. The molecule has 1 aliphatic carbocycles. The molecule has 1 heterocycles. The number of hydrogen-bond acceptors (Lipinski definition) is 8. The van der Waals surface area contributed by atoms with Crippen LogP contribution >= 0.6 is 0 Å². The van der Waals surface area contributed by atoms with Crippen molar-refractivity contribution in [1.29, 1.82) is 0 Å². The maximum atomic E-state index is 13.0. The molecule has 3 atom stereocenters. The summed E-state index contributed by atoms with van der Waals surface area (Å²) >= 11 is 0. The molecule has 0 radical (unpaired) electrons. The van der Waals surface area contributed by atoms with Crippen LogP contribution in [-0.2, 0) is 26.2 Å². The van der Waals surface area contributed by atoms with Crippen LogP contribution in [0.3, 0.4) is 0 Å². The zero-order valence-corrected chi connectivity index (χ0v) is 21.3. The van der Waals surface area contributed by atoms with Gasteiger partial charge in [-0.05, 0) is 49.8 Å². The first kappa shape index (κ1) is 27.1. The molecule has 1 aromatic carbocycles. The van der Waals surface area contributed by atoms with E-state index in [2.05, 4.69) is 20.1 Å². The average molecular weight is 508 g/mol. The van der Waals surface area contributed by atoms with Crippen LogP contribution < -0.4 is 15.9 Å². The highest BCUT2D eigenvalue weighted by Crippen LogP contribution is 2.38. The minimum Gasteiger partial charge on any atom is -0.507 e. The number of nitrogens with one attached hydrogen (secondary N) is 2. The Bertz CT molecular complexity index is 1040. The summed E-state index contributed by atoms with van der Waals surface area (Å²) in [5.74, 6) is -0.0108. The van der Waals surface area contributed by atoms with Crippen molar-refractivity contribution in [2.45, 2.75) is 71.0 Å². The van der Waals surface area contributed by atoms with E-state index in [1.807, 2.05) is 6.07 Å². The van der Waals surface area contributed by atoms with E-state index in [0.29, 0.717) is 30.4 Å². The first-order chi connectivity index (χ1) is 16.6. The molecule has 2 aliphatic rings. The second kappa shape index (κ2) is 12.0. The minimum atomic E-state index is -3.48. The van der Waals surface area contributed by atoms with Gasteiger partial charge in [-0.15, -0.1) is 0 Å². The van der Waals surface area contributed by atoms with Crippen LogP contribution in [0.1, 0.15) is 63.5 Å². The predicted octanol–water partition coefficient (Wildman–Crippen LogP) is 1.43. The molecule has 1 saturated heterocycles. The summed E-state index contributed by atoms with van der Waals surface area (Å²) in [6, 6.07) is 3.84. The van der Waals surface area contributed by atoms with Crippen LogP contribution in [0.5, 0.6) is 5.75 Å². The van der Waals surface area contributed by atoms with Gasteiger partial charge in [-0.25, -0.2) is 13.2 Å². The lowest BCUT2D eigenvalue weighted by Gasteiger charge is -2.27. The number of phenols is 1. The van der Waals surface area contributed by atoms with Crippen LogP contribution in [-0.4, -0.2) is 60.8 Å². The summed E-state index contributed by atoms with van der Waals surface area (Å²) in [4.78, 5) is 29.2. The molecule has 1 saturated carbocycles. The number of hydrogen-bond donors (Lipinski definition) is 4. The Morgan fingerprint density at radius 2 is 1.97 bits per heavy atom. The number of nitrogens with two attached hydrogens (primary N) is 1. The number of imide groups is 1. The van der Waals surface area contributed by atoms with E-state index in [9.17, 15) is 23.1 Å². The number of carbonyl (C=O) groups is 2. The maximum Gasteiger partial charge on any atom is 0.247 e. The van der Waals surface area contributed by atoms with Crippen LogP contribution in [0.15, 0.2) is 23.3 Å². The van der Waals surface area contributed by atoms with Gasteiger partial charge in [0.1, 0.15) is 5.75 Å². The van der Waals surface area contributed by atoms with Gasteiger partial charge in [-0.1, -0.05) is 38.2 Å². The van der Waals surface area contributed by atoms with E-state index in [1.54, 1.807) is 19.1 Å². The molecule has 5 N–H and O–H groups in total. The van der Waals surface area contributed by atoms with Crippen molar-refractivity contribution >= 4 is 28.1 Å². The Morgan fingerprint density at radius 3 is 2.60 bits per heavy atom. The molecule has 2 amide bonds. The molecule has 1 unspecified atom stereocenters. The topological polar surface area (TPSA) is 154 Å². The van der Waals surface area contributed by atoms with Crippen molar-refractivity contribution in [1.82, 2.24) is 15.0 Å². The highest BCUT2D eigenvalue weighted by Gasteiger charge is 2.40. The van der Waals surface area contributed by atoms with Gasteiger partial charge < -0.3 is 10.8 Å². The minimum absolute atomic E-state index is 0.0434. The molecular formula is C24H37N5O5S. The van der Waals surface area contributed by atoms with E-state index in [4.69, 9.17) is 5.73 Å². The van der Waals surface area contributed by atoms with Crippen molar-refractivity contribution < 1.29 is 23.1 Å². The number of benzene rings is 1.